The third kappa shape index (κ3) is 6.61. The molecule has 0 atom stereocenters. The zero-order valence-corrected chi connectivity index (χ0v) is 17.7. The number of benzene rings is 2. The van der Waals surface area contributed by atoms with Crippen molar-refractivity contribution in [2.45, 2.75) is 6.61 Å². The summed E-state index contributed by atoms with van der Waals surface area (Å²) >= 11 is 3.41. The molecule has 1 amide bonds. The van der Waals surface area contributed by atoms with Crippen molar-refractivity contribution in [2.24, 2.45) is 5.10 Å². The maximum atomic E-state index is 12.0. The van der Waals surface area contributed by atoms with Gasteiger partial charge in [0, 0.05) is 35.3 Å². The van der Waals surface area contributed by atoms with E-state index in [1.54, 1.807) is 18.2 Å². The number of halogens is 1. The first kappa shape index (κ1) is 21.9. The molecule has 9 nitrogen and oxygen atoms in total. The van der Waals surface area contributed by atoms with Crippen molar-refractivity contribution in [3.05, 3.63) is 68.2 Å². The average molecular weight is 477 g/mol. The molecule has 158 valence electrons. The topological polar surface area (TPSA) is 106 Å². The van der Waals surface area contributed by atoms with Crippen LogP contribution < -0.4 is 10.2 Å². The highest BCUT2D eigenvalue weighted by Crippen LogP contribution is 2.23. The van der Waals surface area contributed by atoms with Crippen LogP contribution >= 0.6 is 15.9 Å². The molecular weight excluding hydrogens is 456 g/mol. The Morgan fingerprint density at radius 2 is 2.00 bits per heavy atom. The summed E-state index contributed by atoms with van der Waals surface area (Å²) in [5, 5.41) is 14.8. The number of carbonyl (C=O) groups excluding carboxylic acids is 1. The molecule has 1 fully saturated rings. The smallest absolute Gasteiger partial charge is 0.269 e. The summed E-state index contributed by atoms with van der Waals surface area (Å²) < 4.78 is 11.9. The van der Waals surface area contributed by atoms with Crippen LogP contribution in [0.2, 0.25) is 0 Å². The lowest BCUT2D eigenvalue weighted by Crippen LogP contribution is -2.42. The van der Waals surface area contributed by atoms with Crippen LogP contribution in [0.15, 0.2) is 52.0 Å². The number of morpholine rings is 1. The van der Waals surface area contributed by atoms with Crippen molar-refractivity contribution >= 4 is 33.7 Å². The lowest BCUT2D eigenvalue weighted by molar-refractivity contribution is -0.384. The molecule has 1 heterocycles. The monoisotopic (exact) mass is 476 g/mol. The standard InChI is InChI=1S/C20H21BrN4O5/c21-17-3-6-19(30-14-15-1-4-18(5-2-15)25(27)28)16(11-17)12-22-23-20(26)13-24-7-9-29-10-8-24/h1-6,11-12H,7-10,13-14H2,(H,23,26)/b22-12+. The number of hydrazone groups is 1. The first-order chi connectivity index (χ1) is 14.5. The Hall–Kier alpha value is -2.82. The van der Waals surface area contributed by atoms with Crippen molar-refractivity contribution in [2.75, 3.05) is 32.8 Å². The van der Waals surface area contributed by atoms with Crippen molar-refractivity contribution < 1.29 is 19.2 Å². The summed E-state index contributed by atoms with van der Waals surface area (Å²) in [6.07, 6.45) is 1.52. The lowest BCUT2D eigenvalue weighted by atomic mass is 10.2. The maximum absolute atomic E-state index is 12.0. The van der Waals surface area contributed by atoms with Crippen molar-refractivity contribution in [3.8, 4) is 5.75 Å². The predicted octanol–water partition coefficient (Wildman–Crippen LogP) is 2.72. The molecule has 0 bridgehead atoms. The van der Waals surface area contributed by atoms with Crippen LogP contribution in [0.5, 0.6) is 5.75 Å². The molecule has 0 radical (unpaired) electrons. The molecule has 0 saturated carbocycles. The lowest BCUT2D eigenvalue weighted by Gasteiger charge is -2.25. The fourth-order valence-electron chi connectivity index (χ4n) is 2.80. The first-order valence-corrected chi connectivity index (χ1v) is 10.1. The summed E-state index contributed by atoms with van der Waals surface area (Å²) in [5.41, 5.74) is 4.03. The van der Waals surface area contributed by atoms with Gasteiger partial charge in [0.1, 0.15) is 12.4 Å². The van der Waals surface area contributed by atoms with E-state index in [1.165, 1.54) is 18.3 Å². The van der Waals surface area contributed by atoms with Crippen LogP contribution in [0, 0.1) is 10.1 Å². The number of rotatable bonds is 8. The zero-order valence-electron chi connectivity index (χ0n) is 16.1. The number of nitrogens with one attached hydrogen (secondary N) is 1. The minimum absolute atomic E-state index is 0.0306. The largest absolute Gasteiger partial charge is 0.488 e. The number of ether oxygens (including phenoxy) is 2. The van der Waals surface area contributed by atoms with Gasteiger partial charge in [0.25, 0.3) is 11.6 Å². The molecular formula is C20H21BrN4O5. The minimum Gasteiger partial charge on any atom is -0.488 e. The van der Waals surface area contributed by atoms with E-state index in [9.17, 15) is 14.9 Å². The van der Waals surface area contributed by atoms with Crippen LogP contribution in [0.3, 0.4) is 0 Å². The van der Waals surface area contributed by atoms with Gasteiger partial charge in [0.15, 0.2) is 0 Å². The molecule has 0 unspecified atom stereocenters. The van der Waals surface area contributed by atoms with E-state index in [2.05, 4.69) is 26.5 Å². The number of non-ortho nitro benzene ring substituents is 1. The van der Waals surface area contributed by atoms with Crippen LogP contribution in [0.4, 0.5) is 5.69 Å². The van der Waals surface area contributed by atoms with E-state index in [-0.39, 0.29) is 24.7 Å². The Bertz CT molecular complexity index is 914. The summed E-state index contributed by atoms with van der Waals surface area (Å²) in [4.78, 5) is 24.4. The average Bonchev–Trinajstić information content (AvgIpc) is 2.74. The molecule has 0 spiro atoms. The fourth-order valence-corrected chi connectivity index (χ4v) is 3.18. The highest BCUT2D eigenvalue weighted by atomic mass is 79.9. The normalized spacial score (nSPS) is 14.6. The van der Waals surface area contributed by atoms with E-state index in [0.29, 0.717) is 24.5 Å². The summed E-state index contributed by atoms with van der Waals surface area (Å²) in [6, 6.07) is 11.6. The number of amides is 1. The summed E-state index contributed by atoms with van der Waals surface area (Å²) in [5.74, 6) is 0.374. The van der Waals surface area contributed by atoms with Gasteiger partial charge in [-0.25, -0.2) is 5.43 Å². The number of carbonyl (C=O) groups is 1. The number of nitro groups is 1. The minimum atomic E-state index is -0.443. The van der Waals surface area contributed by atoms with E-state index in [0.717, 1.165) is 23.1 Å². The predicted molar refractivity (Wildman–Crippen MR) is 115 cm³/mol. The molecule has 1 saturated heterocycles. The first-order valence-electron chi connectivity index (χ1n) is 9.29. The molecule has 2 aromatic rings. The van der Waals surface area contributed by atoms with Crippen LogP contribution in [0.1, 0.15) is 11.1 Å². The Balaban J connectivity index is 1.58. The Kier molecular flexibility index (Phi) is 7.89. The van der Waals surface area contributed by atoms with Crippen LogP contribution in [-0.2, 0) is 16.1 Å². The number of hydrogen-bond donors (Lipinski definition) is 1. The molecule has 10 heteroatoms. The summed E-state index contributed by atoms with van der Waals surface area (Å²) in [6.45, 7) is 3.22. The van der Waals surface area contributed by atoms with Gasteiger partial charge in [-0.15, -0.1) is 0 Å². The molecule has 3 rings (SSSR count). The Morgan fingerprint density at radius 1 is 1.27 bits per heavy atom. The van der Waals surface area contributed by atoms with Gasteiger partial charge >= 0.3 is 0 Å². The van der Waals surface area contributed by atoms with E-state index < -0.39 is 4.92 Å². The number of hydrogen-bond acceptors (Lipinski definition) is 7. The molecule has 1 aliphatic rings. The quantitative estimate of drug-likeness (QED) is 0.356. The van der Waals surface area contributed by atoms with Crippen molar-refractivity contribution in [1.82, 2.24) is 10.3 Å². The van der Waals surface area contributed by atoms with Crippen LogP contribution in [0.25, 0.3) is 0 Å². The van der Waals surface area contributed by atoms with E-state index in [4.69, 9.17) is 9.47 Å². The van der Waals surface area contributed by atoms with Gasteiger partial charge in [-0.2, -0.15) is 5.10 Å². The van der Waals surface area contributed by atoms with Crippen LogP contribution in [-0.4, -0.2) is 54.8 Å². The molecule has 0 aliphatic carbocycles. The summed E-state index contributed by atoms with van der Waals surface area (Å²) in [7, 11) is 0. The second kappa shape index (κ2) is 10.8. The van der Waals surface area contributed by atoms with Gasteiger partial charge in [-0.1, -0.05) is 15.9 Å². The Morgan fingerprint density at radius 3 is 2.70 bits per heavy atom. The zero-order chi connectivity index (χ0) is 21.3. The molecule has 1 N–H and O–H groups in total. The van der Waals surface area contributed by atoms with E-state index >= 15 is 0 Å². The number of nitro benzene ring substituents is 1. The van der Waals surface area contributed by atoms with Crippen molar-refractivity contribution in [1.29, 1.82) is 0 Å². The maximum Gasteiger partial charge on any atom is 0.269 e. The van der Waals surface area contributed by atoms with Crippen molar-refractivity contribution in [3.63, 3.8) is 0 Å². The van der Waals surface area contributed by atoms with Gasteiger partial charge in [0.05, 0.1) is 30.9 Å². The molecule has 30 heavy (non-hydrogen) atoms. The third-order valence-electron chi connectivity index (χ3n) is 4.38. The highest BCUT2D eigenvalue weighted by Gasteiger charge is 2.13. The van der Waals surface area contributed by atoms with Gasteiger partial charge in [0.2, 0.25) is 0 Å². The van der Waals surface area contributed by atoms with Gasteiger partial charge < -0.3 is 9.47 Å². The third-order valence-corrected chi connectivity index (χ3v) is 4.87. The highest BCUT2D eigenvalue weighted by molar-refractivity contribution is 9.10. The Labute approximate surface area is 181 Å². The number of nitrogens with zero attached hydrogens (tertiary/aromatic N) is 3. The molecule has 1 aliphatic heterocycles. The molecule has 2 aromatic carbocycles. The second-order valence-corrected chi connectivity index (χ2v) is 7.49. The van der Waals surface area contributed by atoms with Gasteiger partial charge in [-0.05, 0) is 35.9 Å². The fraction of sp³-hybridized carbons (Fsp3) is 0.300. The molecule has 0 aromatic heterocycles. The second-order valence-electron chi connectivity index (χ2n) is 6.58. The van der Waals surface area contributed by atoms with Gasteiger partial charge in [-0.3, -0.25) is 19.8 Å². The van der Waals surface area contributed by atoms with E-state index in [1.807, 2.05) is 17.0 Å². The SMILES string of the molecule is O=C(CN1CCOCC1)N/N=C/c1cc(Br)ccc1OCc1ccc([N+](=O)[O-])cc1.